The summed E-state index contributed by atoms with van der Waals surface area (Å²) in [6, 6.07) is 8.89. The number of amides is 2. The van der Waals surface area contributed by atoms with Gasteiger partial charge in [-0.15, -0.1) is 0 Å². The number of rotatable bonds is 7. The van der Waals surface area contributed by atoms with Crippen LogP contribution < -0.4 is 10.6 Å². The van der Waals surface area contributed by atoms with E-state index in [9.17, 15) is 9.59 Å². The van der Waals surface area contributed by atoms with Crippen LogP contribution in [0.4, 0.5) is 4.79 Å². The van der Waals surface area contributed by atoms with Crippen LogP contribution in [-0.4, -0.2) is 41.6 Å². The summed E-state index contributed by atoms with van der Waals surface area (Å²) in [6.07, 6.45) is 3.55. The van der Waals surface area contributed by atoms with E-state index in [-0.39, 0.29) is 18.9 Å². The zero-order valence-corrected chi connectivity index (χ0v) is 17.7. The first-order valence-electron chi connectivity index (χ1n) is 10.3. The number of benzene rings is 1. The van der Waals surface area contributed by atoms with Crippen LogP contribution in [0, 0.1) is 0 Å². The van der Waals surface area contributed by atoms with Gasteiger partial charge in [0.1, 0.15) is 5.60 Å². The molecular formula is C22H35N3O3. The Kier molecular flexibility index (Phi) is 8.30. The van der Waals surface area contributed by atoms with Gasteiger partial charge in [0, 0.05) is 32.1 Å². The molecule has 2 N–H and O–H groups in total. The predicted octanol–water partition coefficient (Wildman–Crippen LogP) is 3.59. The lowest BCUT2D eigenvalue weighted by molar-refractivity contribution is -0.121. The van der Waals surface area contributed by atoms with Crippen LogP contribution in [0.2, 0.25) is 0 Å². The molecule has 0 aromatic heterocycles. The maximum Gasteiger partial charge on any atom is 0.407 e. The molecule has 1 saturated heterocycles. The van der Waals surface area contributed by atoms with E-state index in [1.54, 1.807) is 20.8 Å². The van der Waals surface area contributed by atoms with Crippen molar-refractivity contribution in [2.75, 3.05) is 13.1 Å². The number of hydrogen-bond acceptors (Lipinski definition) is 4. The summed E-state index contributed by atoms with van der Waals surface area (Å²) in [5.74, 6) is -0.0859. The molecule has 2 rings (SSSR count). The van der Waals surface area contributed by atoms with E-state index >= 15 is 0 Å². The number of carbonyl (C=O) groups is 2. The van der Waals surface area contributed by atoms with E-state index < -0.39 is 11.7 Å². The Morgan fingerprint density at radius 2 is 1.86 bits per heavy atom. The maximum absolute atomic E-state index is 12.1. The molecule has 0 aliphatic carbocycles. The molecule has 2 amide bonds. The Labute approximate surface area is 169 Å². The molecule has 0 unspecified atom stereocenters. The number of hydrogen-bond donors (Lipinski definition) is 2. The third-order valence-electron chi connectivity index (χ3n) is 4.93. The summed E-state index contributed by atoms with van der Waals surface area (Å²) < 4.78 is 5.16. The molecule has 6 heteroatoms. The Morgan fingerprint density at radius 3 is 2.54 bits per heavy atom. The molecule has 1 atom stereocenters. The van der Waals surface area contributed by atoms with Gasteiger partial charge in [0.2, 0.25) is 5.91 Å². The number of nitrogens with one attached hydrogen (secondary N) is 2. The van der Waals surface area contributed by atoms with E-state index in [0.29, 0.717) is 12.6 Å². The molecule has 1 aliphatic heterocycles. The van der Waals surface area contributed by atoms with Gasteiger partial charge in [-0.1, -0.05) is 30.7 Å². The highest BCUT2D eigenvalue weighted by molar-refractivity contribution is 5.77. The van der Waals surface area contributed by atoms with Crippen LogP contribution in [0.3, 0.4) is 0 Å². The molecule has 1 aliphatic rings. The second-order valence-corrected chi connectivity index (χ2v) is 8.54. The van der Waals surface area contributed by atoms with Gasteiger partial charge in [0.15, 0.2) is 0 Å². The van der Waals surface area contributed by atoms with Crippen LogP contribution in [0.5, 0.6) is 0 Å². The number of piperidine rings is 1. The lowest BCUT2D eigenvalue weighted by Crippen LogP contribution is -2.37. The minimum Gasteiger partial charge on any atom is -0.444 e. The highest BCUT2D eigenvalue weighted by Gasteiger charge is 2.19. The minimum absolute atomic E-state index is 0.0859. The monoisotopic (exact) mass is 389 g/mol. The Hall–Kier alpha value is -2.08. The maximum atomic E-state index is 12.1. The zero-order valence-electron chi connectivity index (χ0n) is 17.7. The van der Waals surface area contributed by atoms with Crippen molar-refractivity contribution in [3.8, 4) is 0 Å². The van der Waals surface area contributed by atoms with Crippen molar-refractivity contribution >= 4 is 12.0 Å². The summed E-state index contributed by atoms with van der Waals surface area (Å²) in [5, 5.41) is 5.57. The summed E-state index contributed by atoms with van der Waals surface area (Å²) in [7, 11) is 0. The second kappa shape index (κ2) is 10.5. The van der Waals surface area contributed by atoms with Gasteiger partial charge in [0.05, 0.1) is 0 Å². The van der Waals surface area contributed by atoms with Gasteiger partial charge in [0.25, 0.3) is 0 Å². The molecule has 0 saturated carbocycles. The summed E-state index contributed by atoms with van der Waals surface area (Å²) in [6.45, 7) is 10.5. The molecule has 0 spiro atoms. The fraction of sp³-hybridized carbons (Fsp3) is 0.636. The van der Waals surface area contributed by atoms with Gasteiger partial charge in [-0.3, -0.25) is 9.69 Å². The van der Waals surface area contributed by atoms with Crippen LogP contribution >= 0.6 is 0 Å². The molecule has 1 fully saturated rings. The van der Waals surface area contributed by atoms with Crippen molar-refractivity contribution in [3.63, 3.8) is 0 Å². The fourth-order valence-corrected chi connectivity index (χ4v) is 3.37. The second-order valence-electron chi connectivity index (χ2n) is 8.54. The lowest BCUT2D eigenvalue weighted by atomic mass is 10.0. The van der Waals surface area contributed by atoms with Gasteiger partial charge in [-0.2, -0.15) is 0 Å². The molecule has 28 heavy (non-hydrogen) atoms. The van der Waals surface area contributed by atoms with Gasteiger partial charge < -0.3 is 15.4 Å². The van der Waals surface area contributed by atoms with Crippen LogP contribution in [0.25, 0.3) is 0 Å². The Morgan fingerprint density at radius 1 is 1.14 bits per heavy atom. The normalized spacial score (nSPS) is 17.8. The molecule has 1 heterocycles. The SMILES string of the molecule is C[C@@H]1CCCCN1Cc1ccccc1CNC(=O)CCNC(=O)OC(C)(C)C. The molecule has 0 radical (unpaired) electrons. The first kappa shape index (κ1) is 22.2. The molecule has 156 valence electrons. The summed E-state index contributed by atoms with van der Waals surface area (Å²) in [4.78, 5) is 26.3. The van der Waals surface area contributed by atoms with Crippen molar-refractivity contribution in [3.05, 3.63) is 35.4 Å². The number of nitrogens with zero attached hydrogens (tertiary/aromatic N) is 1. The topological polar surface area (TPSA) is 70.7 Å². The lowest BCUT2D eigenvalue weighted by Gasteiger charge is -2.33. The van der Waals surface area contributed by atoms with Gasteiger partial charge in [-0.05, 0) is 58.2 Å². The van der Waals surface area contributed by atoms with Crippen LogP contribution in [-0.2, 0) is 22.6 Å². The molecular weight excluding hydrogens is 354 g/mol. The largest absolute Gasteiger partial charge is 0.444 e. The third-order valence-corrected chi connectivity index (χ3v) is 4.93. The average Bonchev–Trinajstić information content (AvgIpc) is 2.61. The molecule has 1 aromatic carbocycles. The Bertz CT molecular complexity index is 655. The smallest absolute Gasteiger partial charge is 0.407 e. The minimum atomic E-state index is -0.540. The van der Waals surface area contributed by atoms with Crippen molar-refractivity contribution in [1.82, 2.24) is 15.5 Å². The zero-order chi connectivity index (χ0) is 20.6. The van der Waals surface area contributed by atoms with E-state index in [4.69, 9.17) is 4.74 Å². The van der Waals surface area contributed by atoms with Crippen LogP contribution in [0.15, 0.2) is 24.3 Å². The van der Waals surface area contributed by atoms with Crippen molar-refractivity contribution in [2.45, 2.75) is 78.1 Å². The van der Waals surface area contributed by atoms with Gasteiger partial charge in [-0.25, -0.2) is 4.79 Å². The average molecular weight is 390 g/mol. The first-order valence-corrected chi connectivity index (χ1v) is 10.3. The summed E-state index contributed by atoms with van der Waals surface area (Å²) in [5.41, 5.74) is 1.87. The van der Waals surface area contributed by atoms with E-state index in [1.807, 2.05) is 6.07 Å². The highest BCUT2D eigenvalue weighted by Crippen LogP contribution is 2.20. The first-order chi connectivity index (χ1) is 13.2. The van der Waals surface area contributed by atoms with Crippen molar-refractivity contribution < 1.29 is 14.3 Å². The fourth-order valence-electron chi connectivity index (χ4n) is 3.37. The van der Waals surface area contributed by atoms with E-state index in [2.05, 4.69) is 40.7 Å². The van der Waals surface area contributed by atoms with E-state index in [1.165, 1.54) is 24.8 Å². The number of carbonyl (C=O) groups excluding carboxylic acids is 2. The number of likely N-dealkylation sites (tertiary alicyclic amines) is 1. The Balaban J connectivity index is 1.77. The molecule has 1 aromatic rings. The molecule has 6 nitrogen and oxygen atoms in total. The number of alkyl carbamates (subject to hydrolysis) is 1. The standard InChI is InChI=1S/C22H35N3O3/c1-17-9-7-8-14-25(17)16-19-11-6-5-10-18(19)15-24-20(26)12-13-23-21(27)28-22(2,3)4/h5-6,10-11,17H,7-9,12-16H2,1-4H3,(H,23,27)(H,24,26)/t17-/m1/s1. The van der Waals surface area contributed by atoms with E-state index in [0.717, 1.165) is 18.7 Å². The quantitative estimate of drug-likeness (QED) is 0.748. The van der Waals surface area contributed by atoms with Crippen molar-refractivity contribution in [2.24, 2.45) is 0 Å². The predicted molar refractivity (Wildman–Crippen MR) is 111 cm³/mol. The molecule has 0 bridgehead atoms. The van der Waals surface area contributed by atoms with Crippen LogP contribution in [0.1, 0.15) is 64.5 Å². The highest BCUT2D eigenvalue weighted by atomic mass is 16.6. The van der Waals surface area contributed by atoms with Crippen molar-refractivity contribution in [1.29, 1.82) is 0 Å². The summed E-state index contributed by atoms with van der Waals surface area (Å²) >= 11 is 0. The third kappa shape index (κ3) is 7.89. The number of ether oxygens (including phenoxy) is 1. The van der Waals surface area contributed by atoms with Gasteiger partial charge >= 0.3 is 6.09 Å².